The predicted octanol–water partition coefficient (Wildman–Crippen LogP) is 2.90. The van der Waals surface area contributed by atoms with E-state index < -0.39 is 5.97 Å². The molecule has 1 N–H and O–H groups in total. The van der Waals surface area contributed by atoms with Gasteiger partial charge in [-0.15, -0.1) is 0 Å². The number of carbonyl (C=O) groups excluding carboxylic acids is 1. The summed E-state index contributed by atoms with van der Waals surface area (Å²) in [5.41, 5.74) is 1.71. The second-order valence-electron chi connectivity index (χ2n) is 4.36. The van der Waals surface area contributed by atoms with Gasteiger partial charge < -0.3 is 14.5 Å². The molecule has 0 bridgehead atoms. The van der Waals surface area contributed by atoms with Gasteiger partial charge in [-0.2, -0.15) is 10.2 Å². The van der Waals surface area contributed by atoms with E-state index in [1.807, 2.05) is 19.1 Å². The Labute approximate surface area is 122 Å². The first kappa shape index (κ1) is 14.6. The van der Waals surface area contributed by atoms with E-state index in [1.54, 1.807) is 19.1 Å². The molecule has 0 radical (unpaired) electrons. The minimum atomic E-state index is -0.514. The number of carbonyl (C=O) groups is 1. The van der Waals surface area contributed by atoms with Crippen molar-refractivity contribution in [2.75, 3.05) is 11.9 Å². The van der Waals surface area contributed by atoms with Crippen molar-refractivity contribution < 1.29 is 13.9 Å². The van der Waals surface area contributed by atoms with E-state index in [0.717, 1.165) is 5.56 Å². The molecule has 0 fully saturated rings. The summed E-state index contributed by atoms with van der Waals surface area (Å²) in [4.78, 5) is 15.5. The van der Waals surface area contributed by atoms with Crippen LogP contribution in [0.4, 0.5) is 6.01 Å². The third-order valence-corrected chi connectivity index (χ3v) is 2.87. The van der Waals surface area contributed by atoms with Crippen molar-refractivity contribution in [3.05, 3.63) is 47.3 Å². The van der Waals surface area contributed by atoms with Crippen molar-refractivity contribution in [1.29, 1.82) is 5.26 Å². The molecule has 108 valence electrons. The summed E-state index contributed by atoms with van der Waals surface area (Å²) in [6.07, 6.45) is 1.26. The van der Waals surface area contributed by atoms with Gasteiger partial charge in [-0.1, -0.05) is 12.1 Å². The number of esters is 1. The van der Waals surface area contributed by atoms with Crippen LogP contribution in [0.15, 0.2) is 34.9 Å². The summed E-state index contributed by atoms with van der Waals surface area (Å²) in [6, 6.07) is 9.43. The molecule has 0 aliphatic carbocycles. The lowest BCUT2D eigenvalue weighted by Gasteiger charge is -2.12. The zero-order chi connectivity index (χ0) is 15.2. The van der Waals surface area contributed by atoms with E-state index in [9.17, 15) is 4.79 Å². The van der Waals surface area contributed by atoms with Gasteiger partial charge in [0.2, 0.25) is 0 Å². The van der Waals surface area contributed by atoms with E-state index in [2.05, 4.69) is 16.4 Å². The van der Waals surface area contributed by atoms with Crippen LogP contribution in [0.5, 0.6) is 0 Å². The van der Waals surface area contributed by atoms with Gasteiger partial charge in [0, 0.05) is 0 Å². The van der Waals surface area contributed by atoms with Gasteiger partial charge >= 0.3 is 5.97 Å². The van der Waals surface area contributed by atoms with Crippen LogP contribution in [-0.4, -0.2) is 17.6 Å². The maximum atomic E-state index is 11.5. The SMILES string of the molecule is CCOC(=O)c1coc(NC(C)c2ccc(C#N)cc2)n1. The first-order valence-corrected chi connectivity index (χ1v) is 6.53. The van der Waals surface area contributed by atoms with Gasteiger partial charge in [0.05, 0.1) is 24.3 Å². The summed E-state index contributed by atoms with van der Waals surface area (Å²) in [5, 5.41) is 11.8. The molecule has 1 heterocycles. The number of hydrogen-bond acceptors (Lipinski definition) is 6. The maximum Gasteiger partial charge on any atom is 0.360 e. The highest BCUT2D eigenvalue weighted by molar-refractivity contribution is 5.87. The maximum absolute atomic E-state index is 11.5. The Bertz CT molecular complexity index is 656. The van der Waals surface area contributed by atoms with E-state index >= 15 is 0 Å². The van der Waals surface area contributed by atoms with Crippen LogP contribution in [-0.2, 0) is 4.74 Å². The Morgan fingerprint density at radius 1 is 1.48 bits per heavy atom. The molecule has 2 rings (SSSR count). The average Bonchev–Trinajstić information content (AvgIpc) is 2.96. The lowest BCUT2D eigenvalue weighted by Crippen LogP contribution is -2.08. The summed E-state index contributed by atoms with van der Waals surface area (Å²) in [6.45, 7) is 3.94. The molecular formula is C15H15N3O3. The van der Waals surface area contributed by atoms with Crippen LogP contribution in [0.1, 0.15) is 41.5 Å². The number of nitriles is 1. The summed E-state index contributed by atoms with van der Waals surface area (Å²) >= 11 is 0. The fraction of sp³-hybridized carbons (Fsp3) is 0.267. The molecule has 1 aromatic carbocycles. The number of rotatable bonds is 5. The highest BCUT2D eigenvalue weighted by Gasteiger charge is 2.15. The first-order valence-electron chi connectivity index (χ1n) is 6.53. The Hall–Kier alpha value is -2.81. The lowest BCUT2D eigenvalue weighted by atomic mass is 10.1. The molecule has 6 nitrogen and oxygen atoms in total. The molecule has 1 unspecified atom stereocenters. The molecule has 21 heavy (non-hydrogen) atoms. The fourth-order valence-electron chi connectivity index (χ4n) is 1.75. The summed E-state index contributed by atoms with van der Waals surface area (Å²) in [7, 11) is 0. The van der Waals surface area contributed by atoms with Crippen molar-refractivity contribution in [3.8, 4) is 6.07 Å². The van der Waals surface area contributed by atoms with Crippen LogP contribution in [0.25, 0.3) is 0 Å². The van der Waals surface area contributed by atoms with Crippen molar-refractivity contribution >= 4 is 12.0 Å². The van der Waals surface area contributed by atoms with E-state index in [4.69, 9.17) is 14.4 Å². The number of oxazole rings is 1. The number of hydrogen-bond donors (Lipinski definition) is 1. The Morgan fingerprint density at radius 3 is 2.81 bits per heavy atom. The zero-order valence-corrected chi connectivity index (χ0v) is 11.8. The number of aromatic nitrogens is 1. The fourth-order valence-corrected chi connectivity index (χ4v) is 1.75. The van der Waals surface area contributed by atoms with Crippen molar-refractivity contribution in [2.45, 2.75) is 19.9 Å². The van der Waals surface area contributed by atoms with Crippen LogP contribution in [0.3, 0.4) is 0 Å². The molecule has 0 amide bonds. The van der Waals surface area contributed by atoms with Crippen LogP contribution in [0, 0.1) is 11.3 Å². The quantitative estimate of drug-likeness (QED) is 0.850. The second kappa shape index (κ2) is 6.57. The number of nitrogens with zero attached hydrogens (tertiary/aromatic N) is 2. The van der Waals surface area contributed by atoms with Gasteiger partial charge in [0.15, 0.2) is 5.69 Å². The Balaban J connectivity index is 2.03. The number of anilines is 1. The molecule has 0 spiro atoms. The number of benzene rings is 1. The molecule has 1 atom stereocenters. The van der Waals surface area contributed by atoms with E-state index in [0.29, 0.717) is 5.56 Å². The van der Waals surface area contributed by atoms with Gasteiger partial charge in [0.1, 0.15) is 6.26 Å². The van der Waals surface area contributed by atoms with E-state index in [-0.39, 0.29) is 24.4 Å². The number of ether oxygens (including phenoxy) is 1. The minimum absolute atomic E-state index is 0.0774. The van der Waals surface area contributed by atoms with Crippen molar-refractivity contribution in [2.24, 2.45) is 0 Å². The summed E-state index contributed by atoms with van der Waals surface area (Å²) < 4.78 is 10.0. The normalized spacial score (nSPS) is 11.5. The zero-order valence-electron chi connectivity index (χ0n) is 11.8. The molecule has 2 aromatic rings. The van der Waals surface area contributed by atoms with Crippen LogP contribution < -0.4 is 5.32 Å². The predicted molar refractivity (Wildman–Crippen MR) is 75.7 cm³/mol. The van der Waals surface area contributed by atoms with Crippen LogP contribution >= 0.6 is 0 Å². The molecule has 0 saturated heterocycles. The highest BCUT2D eigenvalue weighted by atomic mass is 16.5. The van der Waals surface area contributed by atoms with E-state index in [1.165, 1.54) is 6.26 Å². The molecule has 6 heteroatoms. The average molecular weight is 285 g/mol. The highest BCUT2D eigenvalue weighted by Crippen LogP contribution is 2.19. The molecule has 0 aliphatic rings. The van der Waals surface area contributed by atoms with Gasteiger partial charge in [-0.25, -0.2) is 4.79 Å². The molecule has 0 aliphatic heterocycles. The Morgan fingerprint density at radius 2 is 2.19 bits per heavy atom. The first-order chi connectivity index (χ1) is 10.1. The van der Waals surface area contributed by atoms with Crippen molar-refractivity contribution in [1.82, 2.24) is 4.98 Å². The Kier molecular flexibility index (Phi) is 4.57. The minimum Gasteiger partial charge on any atom is -0.461 e. The standard InChI is InChI=1S/C15H15N3O3/c1-3-20-14(19)13-9-21-15(18-13)17-10(2)12-6-4-11(8-16)5-7-12/h4-7,9-10H,3H2,1-2H3,(H,17,18). The van der Waals surface area contributed by atoms with Gasteiger partial charge in [-0.3, -0.25) is 0 Å². The van der Waals surface area contributed by atoms with Crippen LogP contribution in [0.2, 0.25) is 0 Å². The van der Waals surface area contributed by atoms with Gasteiger partial charge in [0.25, 0.3) is 6.01 Å². The molecule has 1 aromatic heterocycles. The number of nitrogens with one attached hydrogen (secondary N) is 1. The van der Waals surface area contributed by atoms with Gasteiger partial charge in [-0.05, 0) is 31.5 Å². The smallest absolute Gasteiger partial charge is 0.360 e. The third-order valence-electron chi connectivity index (χ3n) is 2.87. The molecular weight excluding hydrogens is 270 g/mol. The largest absolute Gasteiger partial charge is 0.461 e. The van der Waals surface area contributed by atoms with Crippen molar-refractivity contribution in [3.63, 3.8) is 0 Å². The monoisotopic (exact) mass is 285 g/mol. The lowest BCUT2D eigenvalue weighted by molar-refractivity contribution is 0.0519. The third kappa shape index (κ3) is 3.60. The molecule has 0 saturated carbocycles. The topological polar surface area (TPSA) is 88.1 Å². The summed E-state index contributed by atoms with van der Waals surface area (Å²) in [5.74, 6) is -0.514. The second-order valence-corrected chi connectivity index (χ2v) is 4.36.